The lowest BCUT2D eigenvalue weighted by Crippen LogP contribution is -2.37. The van der Waals surface area contributed by atoms with Crippen LogP contribution in [-0.2, 0) is 24.1 Å². The topological polar surface area (TPSA) is 88.9 Å². The van der Waals surface area contributed by atoms with Gasteiger partial charge in [0.2, 0.25) is 5.91 Å². The zero-order valence-electron chi connectivity index (χ0n) is 20.9. The molecule has 7 nitrogen and oxygen atoms in total. The van der Waals surface area contributed by atoms with E-state index in [1.807, 2.05) is 0 Å². The third kappa shape index (κ3) is 6.03. The molecule has 0 aliphatic heterocycles. The number of rotatable bonds is 7. The molecule has 198 valence electrons. The van der Waals surface area contributed by atoms with Gasteiger partial charge in [0.1, 0.15) is 12.4 Å². The standard InChI is InChI=1S/C27H25ClF3N5O2/c1-15(2)34-23(37)14-36-25(17-5-4-6-21(28)10-17)35-24-22(26(36)38)11-19(13-33-24)18-7-16(12-32-3)8-20(9-18)27(29,30)31/h4-11,13,15,32H,12,14H2,1-3H3,(H,34,37). The molecule has 4 rings (SSSR count). The molecule has 2 aromatic carbocycles. The van der Waals surface area contributed by atoms with Crippen molar-refractivity contribution >= 4 is 28.5 Å². The van der Waals surface area contributed by atoms with Crippen LogP contribution >= 0.6 is 11.6 Å². The first kappa shape index (κ1) is 27.3. The minimum absolute atomic E-state index is 0.0678. The summed E-state index contributed by atoms with van der Waals surface area (Å²) in [4.78, 5) is 35.2. The molecule has 0 aliphatic carbocycles. The summed E-state index contributed by atoms with van der Waals surface area (Å²) in [5, 5.41) is 6.09. The number of alkyl halides is 3. The lowest BCUT2D eigenvalue weighted by atomic mass is 10.00. The summed E-state index contributed by atoms with van der Waals surface area (Å²) in [6, 6.07) is 11.7. The van der Waals surface area contributed by atoms with Gasteiger partial charge < -0.3 is 10.6 Å². The van der Waals surface area contributed by atoms with E-state index in [0.29, 0.717) is 21.7 Å². The van der Waals surface area contributed by atoms with Crippen LogP contribution < -0.4 is 16.2 Å². The number of hydrogen-bond acceptors (Lipinski definition) is 5. The Labute approximate surface area is 221 Å². The second-order valence-electron chi connectivity index (χ2n) is 9.10. The maximum Gasteiger partial charge on any atom is 0.416 e. The fourth-order valence-electron chi connectivity index (χ4n) is 4.10. The normalized spacial score (nSPS) is 11.8. The minimum Gasteiger partial charge on any atom is -0.352 e. The van der Waals surface area contributed by atoms with E-state index in [1.54, 1.807) is 51.2 Å². The van der Waals surface area contributed by atoms with Crippen LogP contribution in [0, 0.1) is 0 Å². The molecular formula is C27H25ClF3N5O2. The highest BCUT2D eigenvalue weighted by Crippen LogP contribution is 2.34. The second-order valence-corrected chi connectivity index (χ2v) is 9.54. The third-order valence-corrected chi connectivity index (χ3v) is 5.91. The van der Waals surface area contributed by atoms with E-state index in [1.165, 1.54) is 16.8 Å². The number of fused-ring (bicyclic) bond motifs is 1. The number of carbonyl (C=O) groups excluding carboxylic acids is 1. The maximum atomic E-state index is 13.7. The molecule has 0 bridgehead atoms. The van der Waals surface area contributed by atoms with Gasteiger partial charge >= 0.3 is 6.18 Å². The van der Waals surface area contributed by atoms with E-state index in [9.17, 15) is 22.8 Å². The number of nitrogens with one attached hydrogen (secondary N) is 2. The first-order valence-corrected chi connectivity index (χ1v) is 12.2. The van der Waals surface area contributed by atoms with Crippen molar-refractivity contribution in [3.8, 4) is 22.5 Å². The molecule has 0 spiro atoms. The van der Waals surface area contributed by atoms with E-state index in [4.69, 9.17) is 11.6 Å². The van der Waals surface area contributed by atoms with Crippen LogP contribution in [0.1, 0.15) is 25.0 Å². The number of hydrogen-bond donors (Lipinski definition) is 2. The van der Waals surface area contributed by atoms with Gasteiger partial charge in [0.25, 0.3) is 5.56 Å². The number of halogens is 4. The van der Waals surface area contributed by atoms with Crippen molar-refractivity contribution in [3.63, 3.8) is 0 Å². The highest BCUT2D eigenvalue weighted by Gasteiger charge is 2.31. The van der Waals surface area contributed by atoms with Gasteiger partial charge in [-0.1, -0.05) is 23.7 Å². The molecule has 2 N–H and O–H groups in total. The summed E-state index contributed by atoms with van der Waals surface area (Å²) in [7, 11) is 1.64. The van der Waals surface area contributed by atoms with Crippen molar-refractivity contribution in [2.24, 2.45) is 0 Å². The molecule has 1 amide bonds. The summed E-state index contributed by atoms with van der Waals surface area (Å²) >= 11 is 6.15. The third-order valence-electron chi connectivity index (χ3n) is 5.68. The molecule has 0 saturated carbocycles. The van der Waals surface area contributed by atoms with Crippen molar-refractivity contribution in [1.29, 1.82) is 0 Å². The molecule has 0 unspecified atom stereocenters. The Kier molecular flexibility index (Phi) is 7.84. The van der Waals surface area contributed by atoms with Crippen LogP contribution in [-0.4, -0.2) is 33.5 Å². The van der Waals surface area contributed by atoms with E-state index in [2.05, 4.69) is 20.6 Å². The zero-order chi connectivity index (χ0) is 27.6. The smallest absolute Gasteiger partial charge is 0.352 e. The lowest BCUT2D eigenvalue weighted by Gasteiger charge is -2.16. The van der Waals surface area contributed by atoms with E-state index in [-0.39, 0.29) is 41.6 Å². The van der Waals surface area contributed by atoms with Gasteiger partial charge in [0.15, 0.2) is 5.65 Å². The van der Waals surface area contributed by atoms with Crippen LogP contribution in [0.4, 0.5) is 13.2 Å². The molecule has 0 saturated heterocycles. The predicted molar refractivity (Wildman–Crippen MR) is 141 cm³/mol. The largest absolute Gasteiger partial charge is 0.416 e. The number of nitrogens with zero attached hydrogens (tertiary/aromatic N) is 3. The zero-order valence-corrected chi connectivity index (χ0v) is 21.6. The Morgan fingerprint density at radius 1 is 1.08 bits per heavy atom. The van der Waals surface area contributed by atoms with Crippen LogP contribution in [0.3, 0.4) is 0 Å². The quantitative estimate of drug-likeness (QED) is 0.341. The maximum absolute atomic E-state index is 13.7. The summed E-state index contributed by atoms with van der Waals surface area (Å²) in [6.07, 6.45) is -3.17. The highest BCUT2D eigenvalue weighted by molar-refractivity contribution is 6.30. The van der Waals surface area contributed by atoms with Gasteiger partial charge in [-0.25, -0.2) is 9.97 Å². The number of benzene rings is 2. The minimum atomic E-state index is -4.55. The van der Waals surface area contributed by atoms with Crippen LogP contribution in [0.25, 0.3) is 33.5 Å². The van der Waals surface area contributed by atoms with E-state index < -0.39 is 23.2 Å². The lowest BCUT2D eigenvalue weighted by molar-refractivity contribution is -0.137. The highest BCUT2D eigenvalue weighted by atomic mass is 35.5. The molecule has 0 atom stereocenters. The van der Waals surface area contributed by atoms with Crippen LogP contribution in [0.5, 0.6) is 0 Å². The Balaban J connectivity index is 1.92. The van der Waals surface area contributed by atoms with Crippen LogP contribution in [0.15, 0.2) is 59.5 Å². The molecule has 0 fully saturated rings. The summed E-state index contributed by atoms with van der Waals surface area (Å²) in [5.41, 5.74) is 0.231. The molecule has 0 radical (unpaired) electrons. The fourth-order valence-corrected chi connectivity index (χ4v) is 4.29. The summed E-state index contributed by atoms with van der Waals surface area (Å²) < 4.78 is 41.9. The Hall–Kier alpha value is -3.76. The molecule has 38 heavy (non-hydrogen) atoms. The Morgan fingerprint density at radius 2 is 1.84 bits per heavy atom. The molecule has 0 aliphatic rings. The SMILES string of the molecule is CNCc1cc(-c2cnc3nc(-c4cccc(Cl)c4)n(CC(=O)NC(C)C)c(=O)c3c2)cc(C(F)(F)F)c1. The van der Waals surface area contributed by atoms with Gasteiger partial charge in [-0.05, 0) is 68.4 Å². The van der Waals surface area contributed by atoms with Gasteiger partial charge in [-0.2, -0.15) is 13.2 Å². The molecule has 2 heterocycles. The van der Waals surface area contributed by atoms with Gasteiger partial charge in [-0.3, -0.25) is 14.2 Å². The van der Waals surface area contributed by atoms with Gasteiger partial charge in [0.05, 0.1) is 10.9 Å². The average molecular weight is 544 g/mol. The predicted octanol–water partition coefficient (Wildman–Crippen LogP) is 5.04. The average Bonchev–Trinajstić information content (AvgIpc) is 2.84. The first-order valence-electron chi connectivity index (χ1n) is 11.8. The van der Waals surface area contributed by atoms with Crippen molar-refractivity contribution in [3.05, 3.63) is 81.2 Å². The number of amides is 1. The Morgan fingerprint density at radius 3 is 2.50 bits per heavy atom. The van der Waals surface area contributed by atoms with Crippen molar-refractivity contribution in [2.45, 2.75) is 39.2 Å². The Bertz CT molecular complexity index is 1570. The van der Waals surface area contributed by atoms with Crippen LogP contribution in [0.2, 0.25) is 5.02 Å². The second kappa shape index (κ2) is 10.9. The summed E-state index contributed by atoms with van der Waals surface area (Å²) in [6.45, 7) is 3.50. The number of carbonyl (C=O) groups is 1. The molecule has 11 heteroatoms. The van der Waals surface area contributed by atoms with Crippen molar-refractivity contribution in [1.82, 2.24) is 25.2 Å². The molecule has 2 aromatic heterocycles. The van der Waals surface area contributed by atoms with E-state index >= 15 is 0 Å². The fraction of sp³-hybridized carbons (Fsp3) is 0.259. The van der Waals surface area contributed by atoms with Gasteiger partial charge in [-0.15, -0.1) is 0 Å². The monoisotopic (exact) mass is 543 g/mol. The van der Waals surface area contributed by atoms with Gasteiger partial charge in [0, 0.05) is 34.9 Å². The van der Waals surface area contributed by atoms with Crippen molar-refractivity contribution < 1.29 is 18.0 Å². The van der Waals surface area contributed by atoms with Crippen molar-refractivity contribution in [2.75, 3.05) is 7.05 Å². The number of aromatic nitrogens is 3. The summed E-state index contributed by atoms with van der Waals surface area (Å²) in [5.74, 6) is -0.204. The molecular weight excluding hydrogens is 519 g/mol. The molecule has 4 aromatic rings. The van der Waals surface area contributed by atoms with E-state index in [0.717, 1.165) is 12.1 Å². The first-order chi connectivity index (χ1) is 18.0. The number of pyridine rings is 1.